The van der Waals surface area contributed by atoms with Gasteiger partial charge in [-0.1, -0.05) is 17.7 Å². The van der Waals surface area contributed by atoms with Gasteiger partial charge in [-0.25, -0.2) is 4.98 Å². The van der Waals surface area contributed by atoms with Gasteiger partial charge in [0.1, 0.15) is 5.82 Å². The molecule has 3 rings (SSSR count). The van der Waals surface area contributed by atoms with E-state index in [0.29, 0.717) is 0 Å². The first-order valence-corrected chi connectivity index (χ1v) is 6.22. The predicted octanol–water partition coefficient (Wildman–Crippen LogP) is 3.64. The summed E-state index contributed by atoms with van der Waals surface area (Å²) in [5.41, 5.74) is 1.04. The Morgan fingerprint density at radius 2 is 2.31 bits per heavy atom. The van der Waals surface area contributed by atoms with Gasteiger partial charge in [-0.3, -0.25) is 0 Å². The van der Waals surface area contributed by atoms with Crippen molar-refractivity contribution in [1.29, 1.82) is 0 Å². The zero-order valence-electron chi connectivity index (χ0n) is 8.43. The van der Waals surface area contributed by atoms with Gasteiger partial charge in [0.15, 0.2) is 0 Å². The normalized spacial score (nSPS) is 11.1. The molecular formula is C12H9ClN2S. The summed E-state index contributed by atoms with van der Waals surface area (Å²) in [7, 11) is 0. The van der Waals surface area contributed by atoms with Crippen LogP contribution in [-0.2, 0) is 6.42 Å². The van der Waals surface area contributed by atoms with E-state index in [9.17, 15) is 0 Å². The van der Waals surface area contributed by atoms with Crippen LogP contribution in [0.15, 0.2) is 42.0 Å². The second-order valence-corrected chi connectivity index (χ2v) is 5.04. The highest BCUT2D eigenvalue weighted by atomic mass is 35.5. The summed E-state index contributed by atoms with van der Waals surface area (Å²) in [5, 5.41) is 2.83. The molecule has 0 unspecified atom stereocenters. The molecule has 4 heteroatoms. The lowest BCUT2D eigenvalue weighted by molar-refractivity contribution is 0.974. The van der Waals surface area contributed by atoms with Crippen LogP contribution in [0.2, 0.25) is 5.02 Å². The number of pyridine rings is 1. The van der Waals surface area contributed by atoms with E-state index in [1.54, 1.807) is 11.3 Å². The van der Waals surface area contributed by atoms with Crippen LogP contribution in [-0.4, -0.2) is 9.38 Å². The molecule has 0 aliphatic heterocycles. The molecule has 16 heavy (non-hydrogen) atoms. The van der Waals surface area contributed by atoms with Crippen molar-refractivity contribution in [2.24, 2.45) is 0 Å². The van der Waals surface area contributed by atoms with Crippen LogP contribution in [0.3, 0.4) is 0 Å². The number of thiophene rings is 1. The van der Waals surface area contributed by atoms with Crippen molar-refractivity contribution >= 4 is 28.5 Å². The molecule has 3 aromatic heterocycles. The first-order valence-electron chi connectivity index (χ1n) is 4.97. The molecule has 0 aliphatic carbocycles. The SMILES string of the molecule is Clc1ccn2c(Cc3cccs3)ncc2c1. The molecule has 0 saturated heterocycles. The molecule has 2 nitrogen and oxygen atoms in total. The molecule has 0 aromatic carbocycles. The fourth-order valence-electron chi connectivity index (χ4n) is 1.73. The Hall–Kier alpha value is -1.32. The Kier molecular flexibility index (Phi) is 2.42. The van der Waals surface area contributed by atoms with Gasteiger partial charge in [-0.15, -0.1) is 11.3 Å². The molecule has 0 aliphatic rings. The first-order chi connectivity index (χ1) is 7.83. The second-order valence-electron chi connectivity index (χ2n) is 3.57. The summed E-state index contributed by atoms with van der Waals surface area (Å²) in [6.45, 7) is 0. The zero-order valence-corrected chi connectivity index (χ0v) is 10.0. The molecule has 80 valence electrons. The third-order valence-electron chi connectivity index (χ3n) is 2.48. The molecule has 0 N–H and O–H groups in total. The van der Waals surface area contributed by atoms with Crippen LogP contribution < -0.4 is 0 Å². The smallest absolute Gasteiger partial charge is 0.118 e. The lowest BCUT2D eigenvalue weighted by Gasteiger charge is -1.99. The topological polar surface area (TPSA) is 17.3 Å². The number of hydrogen-bond donors (Lipinski definition) is 0. The predicted molar refractivity (Wildman–Crippen MR) is 67.3 cm³/mol. The molecule has 0 spiro atoms. The lowest BCUT2D eigenvalue weighted by atomic mass is 10.3. The number of fused-ring (bicyclic) bond motifs is 1. The summed E-state index contributed by atoms with van der Waals surface area (Å²) in [6, 6.07) is 7.99. The standard InChI is InChI=1S/C12H9ClN2S/c13-9-3-4-15-10(6-9)8-14-12(15)7-11-2-1-5-16-11/h1-6,8H,7H2. The minimum absolute atomic E-state index is 0.745. The van der Waals surface area contributed by atoms with Crippen LogP contribution in [0.25, 0.3) is 5.52 Å². The Labute approximate surface area is 102 Å². The Morgan fingerprint density at radius 3 is 3.12 bits per heavy atom. The first kappa shape index (κ1) is 9.87. The number of halogens is 1. The molecule has 3 heterocycles. The lowest BCUT2D eigenvalue weighted by Crippen LogP contribution is -1.94. The summed E-state index contributed by atoms with van der Waals surface area (Å²) in [6.07, 6.45) is 4.69. The third kappa shape index (κ3) is 1.72. The largest absolute Gasteiger partial charge is 0.303 e. The summed E-state index contributed by atoms with van der Waals surface area (Å²) in [5.74, 6) is 1.05. The van der Waals surface area contributed by atoms with Crippen molar-refractivity contribution in [3.8, 4) is 0 Å². The number of aromatic nitrogens is 2. The van der Waals surface area contributed by atoms with E-state index in [-0.39, 0.29) is 0 Å². The highest BCUT2D eigenvalue weighted by molar-refractivity contribution is 7.09. The molecule has 0 bridgehead atoms. The molecule has 0 saturated carbocycles. The highest BCUT2D eigenvalue weighted by Gasteiger charge is 2.05. The summed E-state index contributed by atoms with van der Waals surface area (Å²) in [4.78, 5) is 5.74. The number of rotatable bonds is 2. The Balaban J connectivity index is 2.04. The summed E-state index contributed by atoms with van der Waals surface area (Å²) < 4.78 is 2.08. The number of hydrogen-bond acceptors (Lipinski definition) is 2. The molecular weight excluding hydrogens is 240 g/mol. The second kappa shape index (κ2) is 3.92. The Bertz CT molecular complexity index is 613. The fraction of sp³-hybridized carbons (Fsp3) is 0.0833. The third-order valence-corrected chi connectivity index (χ3v) is 3.59. The van der Waals surface area contributed by atoms with Crippen LogP contribution in [0.1, 0.15) is 10.7 Å². The van der Waals surface area contributed by atoms with Crippen molar-refractivity contribution in [3.63, 3.8) is 0 Å². The van der Waals surface area contributed by atoms with Gasteiger partial charge in [0.05, 0.1) is 11.7 Å². The van der Waals surface area contributed by atoms with Crippen molar-refractivity contribution < 1.29 is 0 Å². The van der Waals surface area contributed by atoms with Crippen molar-refractivity contribution in [2.75, 3.05) is 0 Å². The average molecular weight is 249 g/mol. The van der Waals surface area contributed by atoms with Crippen LogP contribution in [0.5, 0.6) is 0 Å². The van der Waals surface area contributed by atoms with Crippen LogP contribution >= 0.6 is 22.9 Å². The van der Waals surface area contributed by atoms with Crippen molar-refractivity contribution in [1.82, 2.24) is 9.38 Å². The van der Waals surface area contributed by atoms with Gasteiger partial charge in [0, 0.05) is 22.5 Å². The van der Waals surface area contributed by atoms with Crippen LogP contribution in [0.4, 0.5) is 0 Å². The van der Waals surface area contributed by atoms with E-state index >= 15 is 0 Å². The van der Waals surface area contributed by atoms with Gasteiger partial charge in [-0.2, -0.15) is 0 Å². The summed E-state index contributed by atoms with van der Waals surface area (Å²) >= 11 is 7.69. The average Bonchev–Trinajstić information content (AvgIpc) is 2.89. The molecule has 0 fully saturated rings. The van der Waals surface area contributed by atoms with E-state index in [1.165, 1.54) is 4.88 Å². The Morgan fingerprint density at radius 1 is 1.38 bits per heavy atom. The maximum Gasteiger partial charge on any atom is 0.118 e. The number of nitrogens with zero attached hydrogens (tertiary/aromatic N) is 2. The molecule has 0 amide bonds. The van der Waals surface area contributed by atoms with Crippen molar-refractivity contribution in [3.05, 3.63) is 57.8 Å². The quantitative estimate of drug-likeness (QED) is 0.677. The molecule has 0 radical (unpaired) electrons. The van der Waals surface area contributed by atoms with Crippen molar-refractivity contribution in [2.45, 2.75) is 6.42 Å². The molecule has 3 aromatic rings. The van der Waals surface area contributed by atoms with Gasteiger partial charge in [0.25, 0.3) is 0 Å². The van der Waals surface area contributed by atoms with E-state index in [2.05, 4.69) is 26.9 Å². The zero-order chi connectivity index (χ0) is 11.0. The van der Waals surface area contributed by atoms with E-state index in [4.69, 9.17) is 11.6 Å². The van der Waals surface area contributed by atoms with E-state index < -0.39 is 0 Å². The number of imidazole rings is 1. The van der Waals surface area contributed by atoms with Gasteiger partial charge in [0.2, 0.25) is 0 Å². The maximum atomic E-state index is 5.93. The van der Waals surface area contributed by atoms with Crippen LogP contribution in [0, 0.1) is 0 Å². The van der Waals surface area contributed by atoms with Gasteiger partial charge < -0.3 is 4.40 Å². The maximum absolute atomic E-state index is 5.93. The van der Waals surface area contributed by atoms with E-state index in [1.807, 2.05) is 24.5 Å². The monoisotopic (exact) mass is 248 g/mol. The minimum Gasteiger partial charge on any atom is -0.303 e. The molecule has 0 atom stereocenters. The minimum atomic E-state index is 0.745. The van der Waals surface area contributed by atoms with Gasteiger partial charge in [-0.05, 0) is 23.6 Å². The fourth-order valence-corrected chi connectivity index (χ4v) is 2.60. The van der Waals surface area contributed by atoms with E-state index in [0.717, 1.165) is 22.8 Å². The highest BCUT2D eigenvalue weighted by Crippen LogP contribution is 2.17. The van der Waals surface area contributed by atoms with Gasteiger partial charge >= 0.3 is 0 Å².